The van der Waals surface area contributed by atoms with Crippen LogP contribution < -0.4 is 14.8 Å². The van der Waals surface area contributed by atoms with Crippen molar-refractivity contribution in [1.29, 1.82) is 0 Å². The first-order chi connectivity index (χ1) is 14.8. The zero-order chi connectivity index (χ0) is 22.4. The largest absolute Gasteiger partial charge is 0.481 e. The fourth-order valence-electron chi connectivity index (χ4n) is 2.91. The number of nitrogens with one attached hydrogen (secondary N) is 2. The van der Waals surface area contributed by atoms with Crippen LogP contribution in [0.1, 0.15) is 32.3 Å². The molecule has 0 saturated heterocycles. The number of nitrogens with zero attached hydrogens (tertiary/aromatic N) is 1. The van der Waals surface area contributed by atoms with Crippen molar-refractivity contribution in [2.75, 3.05) is 10.0 Å². The molecule has 1 amide bonds. The van der Waals surface area contributed by atoms with E-state index in [0.29, 0.717) is 17.1 Å². The van der Waals surface area contributed by atoms with Gasteiger partial charge in [-0.05, 0) is 60.9 Å². The maximum atomic E-state index is 12.5. The summed E-state index contributed by atoms with van der Waals surface area (Å²) in [4.78, 5) is 16.5. The van der Waals surface area contributed by atoms with E-state index in [9.17, 15) is 13.2 Å². The molecule has 1 aromatic heterocycles. The zero-order valence-corrected chi connectivity index (χ0v) is 18.4. The summed E-state index contributed by atoms with van der Waals surface area (Å²) in [7, 11) is -3.76. The first-order valence-corrected chi connectivity index (χ1v) is 11.3. The molecule has 3 aromatic rings. The number of sulfonamides is 1. The van der Waals surface area contributed by atoms with Crippen LogP contribution in [-0.2, 0) is 14.8 Å². The van der Waals surface area contributed by atoms with Crippen molar-refractivity contribution < 1.29 is 17.9 Å². The molecule has 0 fully saturated rings. The van der Waals surface area contributed by atoms with Gasteiger partial charge in [-0.15, -0.1) is 0 Å². The molecule has 8 heteroatoms. The number of pyridine rings is 1. The summed E-state index contributed by atoms with van der Waals surface area (Å²) in [6.45, 7) is 5.79. The number of ether oxygens (including phenoxy) is 1. The Morgan fingerprint density at radius 2 is 1.65 bits per heavy atom. The molecule has 0 radical (unpaired) electrons. The monoisotopic (exact) mass is 439 g/mol. The van der Waals surface area contributed by atoms with Gasteiger partial charge in [0.05, 0.1) is 16.8 Å². The van der Waals surface area contributed by atoms with Crippen LogP contribution in [0.3, 0.4) is 0 Å². The summed E-state index contributed by atoms with van der Waals surface area (Å²) < 4.78 is 33.3. The second kappa shape index (κ2) is 9.61. The number of carbonyl (C=O) groups excluding carboxylic acids is 1. The Bertz CT molecular complexity index is 1130. The van der Waals surface area contributed by atoms with Crippen molar-refractivity contribution in [1.82, 2.24) is 4.98 Å². The molecule has 0 saturated carbocycles. The van der Waals surface area contributed by atoms with E-state index in [0.717, 1.165) is 5.56 Å². The van der Waals surface area contributed by atoms with E-state index in [1.165, 1.54) is 30.5 Å². The predicted molar refractivity (Wildman–Crippen MR) is 121 cm³/mol. The van der Waals surface area contributed by atoms with Crippen LogP contribution in [-0.4, -0.2) is 25.4 Å². The first kappa shape index (κ1) is 22.3. The van der Waals surface area contributed by atoms with Gasteiger partial charge in [0.15, 0.2) is 6.10 Å². The van der Waals surface area contributed by atoms with Crippen molar-refractivity contribution >= 4 is 27.3 Å². The number of rotatable bonds is 8. The lowest BCUT2D eigenvalue weighted by Gasteiger charge is -2.18. The maximum absolute atomic E-state index is 12.5. The molecule has 1 atom stereocenters. The standard InChI is InChI=1S/C23H25N3O4S/c1-16(2)21-8-4-5-9-22(21)30-17(3)23(27)25-18-10-12-20(13-11-18)31(28,29)26-19-7-6-14-24-15-19/h4-17,26H,1-3H3,(H,25,27). The fourth-order valence-corrected chi connectivity index (χ4v) is 3.95. The van der Waals surface area contributed by atoms with Crippen molar-refractivity contribution in [3.8, 4) is 5.75 Å². The Labute approximate surface area is 182 Å². The van der Waals surface area contributed by atoms with Crippen molar-refractivity contribution in [2.45, 2.75) is 37.7 Å². The number of para-hydroxylation sites is 1. The average Bonchev–Trinajstić information content (AvgIpc) is 2.74. The van der Waals surface area contributed by atoms with Crippen LogP contribution in [0.25, 0.3) is 0 Å². The molecular weight excluding hydrogens is 414 g/mol. The van der Waals surface area contributed by atoms with Crippen molar-refractivity contribution in [2.24, 2.45) is 0 Å². The molecule has 1 heterocycles. The maximum Gasteiger partial charge on any atom is 0.265 e. The quantitative estimate of drug-likeness (QED) is 0.542. The van der Waals surface area contributed by atoms with E-state index in [2.05, 4.69) is 28.9 Å². The van der Waals surface area contributed by atoms with E-state index in [-0.39, 0.29) is 16.7 Å². The molecule has 0 aliphatic heterocycles. The van der Waals surface area contributed by atoms with Gasteiger partial charge in [0.2, 0.25) is 0 Å². The van der Waals surface area contributed by atoms with Crippen LogP contribution in [0.5, 0.6) is 5.75 Å². The van der Waals surface area contributed by atoms with Gasteiger partial charge in [-0.25, -0.2) is 8.42 Å². The Hall–Kier alpha value is -3.39. The molecule has 0 aliphatic rings. The summed E-state index contributed by atoms with van der Waals surface area (Å²) in [5.41, 5.74) is 1.86. The molecule has 1 unspecified atom stereocenters. The molecule has 3 rings (SSSR count). The van der Waals surface area contributed by atoms with Crippen molar-refractivity contribution in [3.63, 3.8) is 0 Å². The van der Waals surface area contributed by atoms with Crippen molar-refractivity contribution in [3.05, 3.63) is 78.6 Å². The summed E-state index contributed by atoms with van der Waals surface area (Å²) in [6, 6.07) is 16.8. The van der Waals surface area contributed by atoms with Crippen LogP contribution in [0.4, 0.5) is 11.4 Å². The molecule has 0 spiro atoms. The van der Waals surface area contributed by atoms with Gasteiger partial charge in [-0.3, -0.25) is 14.5 Å². The fraction of sp³-hybridized carbons (Fsp3) is 0.217. The number of carbonyl (C=O) groups is 1. The summed E-state index contributed by atoms with van der Waals surface area (Å²) in [5, 5.41) is 2.75. The highest BCUT2D eigenvalue weighted by molar-refractivity contribution is 7.92. The lowest BCUT2D eigenvalue weighted by atomic mass is 10.0. The van der Waals surface area contributed by atoms with E-state index < -0.39 is 16.1 Å². The molecule has 162 valence electrons. The highest BCUT2D eigenvalue weighted by Crippen LogP contribution is 2.27. The zero-order valence-electron chi connectivity index (χ0n) is 17.6. The second-order valence-corrected chi connectivity index (χ2v) is 9.00. The third-order valence-corrected chi connectivity index (χ3v) is 5.96. The Morgan fingerprint density at radius 3 is 2.29 bits per heavy atom. The van der Waals surface area contributed by atoms with Gasteiger partial charge in [-0.2, -0.15) is 0 Å². The van der Waals surface area contributed by atoms with Gasteiger partial charge in [-0.1, -0.05) is 32.0 Å². The Morgan fingerprint density at radius 1 is 0.935 bits per heavy atom. The second-order valence-electron chi connectivity index (χ2n) is 7.31. The van der Waals surface area contributed by atoms with E-state index in [1.807, 2.05) is 24.3 Å². The molecule has 0 aliphatic carbocycles. The van der Waals surface area contributed by atoms with Crippen LogP contribution in [0.2, 0.25) is 0 Å². The molecular formula is C23H25N3O4S. The number of anilines is 2. The van der Waals surface area contributed by atoms with Gasteiger partial charge >= 0.3 is 0 Å². The van der Waals surface area contributed by atoms with Gasteiger partial charge < -0.3 is 10.1 Å². The molecule has 2 N–H and O–H groups in total. The van der Waals surface area contributed by atoms with Gasteiger partial charge in [0.1, 0.15) is 5.75 Å². The number of hydrogen-bond donors (Lipinski definition) is 2. The minimum Gasteiger partial charge on any atom is -0.481 e. The lowest BCUT2D eigenvalue weighted by Crippen LogP contribution is -2.30. The number of aromatic nitrogens is 1. The number of amides is 1. The third-order valence-electron chi connectivity index (χ3n) is 4.56. The minimum absolute atomic E-state index is 0.0736. The minimum atomic E-state index is -3.76. The van der Waals surface area contributed by atoms with Crippen LogP contribution in [0, 0.1) is 0 Å². The normalized spacial score (nSPS) is 12.3. The van der Waals surface area contributed by atoms with Crippen LogP contribution in [0.15, 0.2) is 78.0 Å². The van der Waals surface area contributed by atoms with Gasteiger partial charge in [0.25, 0.3) is 15.9 Å². The molecule has 2 aromatic carbocycles. The van der Waals surface area contributed by atoms with E-state index in [4.69, 9.17) is 4.74 Å². The topological polar surface area (TPSA) is 97.4 Å². The molecule has 31 heavy (non-hydrogen) atoms. The summed E-state index contributed by atoms with van der Waals surface area (Å²) in [5.74, 6) is 0.604. The first-order valence-electron chi connectivity index (χ1n) is 9.85. The summed E-state index contributed by atoms with van der Waals surface area (Å²) >= 11 is 0. The van der Waals surface area contributed by atoms with Gasteiger partial charge in [0, 0.05) is 11.9 Å². The SMILES string of the molecule is CC(Oc1ccccc1C(C)C)C(=O)Nc1ccc(S(=O)(=O)Nc2cccnc2)cc1. The van der Waals surface area contributed by atoms with E-state index in [1.54, 1.807) is 25.3 Å². The average molecular weight is 440 g/mol. The Balaban J connectivity index is 1.65. The highest BCUT2D eigenvalue weighted by atomic mass is 32.2. The number of hydrogen-bond acceptors (Lipinski definition) is 5. The number of benzene rings is 2. The smallest absolute Gasteiger partial charge is 0.265 e. The Kier molecular flexibility index (Phi) is 6.91. The highest BCUT2D eigenvalue weighted by Gasteiger charge is 2.18. The lowest BCUT2D eigenvalue weighted by molar-refractivity contribution is -0.122. The van der Waals surface area contributed by atoms with Crippen LogP contribution >= 0.6 is 0 Å². The van der Waals surface area contributed by atoms with E-state index >= 15 is 0 Å². The summed E-state index contributed by atoms with van der Waals surface area (Å²) in [6.07, 6.45) is 2.25. The third kappa shape index (κ3) is 5.82. The molecule has 7 nitrogen and oxygen atoms in total. The molecule has 0 bridgehead atoms. The predicted octanol–water partition coefficient (Wildman–Crippen LogP) is 4.41.